The van der Waals surface area contributed by atoms with Gasteiger partial charge in [-0.1, -0.05) is 6.07 Å². The van der Waals surface area contributed by atoms with Crippen molar-refractivity contribution in [3.63, 3.8) is 0 Å². The molecule has 0 amide bonds. The smallest absolute Gasteiger partial charge is 0.360 e. The third-order valence-corrected chi connectivity index (χ3v) is 4.13. The minimum absolute atomic E-state index is 0.385. The molecule has 1 aliphatic heterocycles. The number of nitrogens with one attached hydrogen (secondary N) is 2. The Morgan fingerprint density at radius 2 is 2.00 bits per heavy atom. The van der Waals surface area contributed by atoms with Crippen LogP contribution in [0, 0.1) is 0 Å². The average Bonchev–Trinajstić information content (AvgIpc) is 2.63. The summed E-state index contributed by atoms with van der Waals surface area (Å²) in [5.41, 5.74) is 1.67. The number of benzene rings is 1. The molecule has 3 aromatic rings. The SMILES string of the molecule is O=c1oc2cc(N3CCNCC3)ccc2cc1Nc1ccccn1. The number of fused-ring (bicyclic) bond motifs is 1. The summed E-state index contributed by atoms with van der Waals surface area (Å²) >= 11 is 0. The van der Waals surface area contributed by atoms with Crippen LogP contribution in [0.15, 0.2) is 57.9 Å². The number of anilines is 3. The topological polar surface area (TPSA) is 70.4 Å². The van der Waals surface area contributed by atoms with Crippen molar-refractivity contribution in [1.29, 1.82) is 0 Å². The van der Waals surface area contributed by atoms with Crippen LogP contribution in [0.2, 0.25) is 0 Å². The summed E-state index contributed by atoms with van der Waals surface area (Å²) in [5, 5.41) is 7.22. The maximum Gasteiger partial charge on any atom is 0.360 e. The lowest BCUT2D eigenvalue weighted by atomic mass is 10.2. The molecular formula is C18H18N4O2. The summed E-state index contributed by atoms with van der Waals surface area (Å²) in [4.78, 5) is 18.7. The fourth-order valence-corrected chi connectivity index (χ4v) is 2.88. The van der Waals surface area contributed by atoms with Gasteiger partial charge in [0, 0.05) is 49.5 Å². The Labute approximate surface area is 139 Å². The van der Waals surface area contributed by atoms with Crippen LogP contribution in [0.4, 0.5) is 17.2 Å². The summed E-state index contributed by atoms with van der Waals surface area (Å²) < 4.78 is 5.51. The van der Waals surface area contributed by atoms with Gasteiger partial charge in [0.2, 0.25) is 0 Å². The van der Waals surface area contributed by atoms with Crippen molar-refractivity contribution < 1.29 is 4.42 Å². The maximum absolute atomic E-state index is 12.2. The van der Waals surface area contributed by atoms with E-state index in [2.05, 4.69) is 26.6 Å². The molecule has 6 nitrogen and oxygen atoms in total. The van der Waals surface area contributed by atoms with Crippen molar-refractivity contribution in [3.05, 3.63) is 59.1 Å². The largest absolute Gasteiger partial charge is 0.421 e. The molecule has 0 spiro atoms. The lowest BCUT2D eigenvalue weighted by Gasteiger charge is -2.29. The molecule has 1 fully saturated rings. The molecule has 24 heavy (non-hydrogen) atoms. The van der Waals surface area contributed by atoms with Crippen LogP contribution in [0.25, 0.3) is 11.0 Å². The van der Waals surface area contributed by atoms with Gasteiger partial charge in [0.05, 0.1) is 0 Å². The first-order chi connectivity index (χ1) is 11.8. The Bertz CT molecular complexity index is 902. The highest BCUT2D eigenvalue weighted by Crippen LogP contribution is 2.24. The van der Waals surface area contributed by atoms with Gasteiger partial charge in [-0.05, 0) is 30.3 Å². The molecule has 0 radical (unpaired) electrons. The lowest BCUT2D eigenvalue weighted by molar-refractivity contribution is 0.562. The van der Waals surface area contributed by atoms with Crippen LogP contribution in [0.5, 0.6) is 0 Å². The number of piperazine rings is 1. The van der Waals surface area contributed by atoms with Gasteiger partial charge in [-0.2, -0.15) is 0 Å². The van der Waals surface area contributed by atoms with Crippen molar-refractivity contribution in [1.82, 2.24) is 10.3 Å². The Morgan fingerprint density at radius 1 is 1.12 bits per heavy atom. The number of hydrogen-bond donors (Lipinski definition) is 2. The summed E-state index contributed by atoms with van der Waals surface area (Å²) in [6.45, 7) is 3.84. The summed E-state index contributed by atoms with van der Waals surface area (Å²) in [6.07, 6.45) is 1.67. The van der Waals surface area contributed by atoms with E-state index in [0.717, 1.165) is 37.3 Å². The first-order valence-electron chi connectivity index (χ1n) is 8.01. The van der Waals surface area contributed by atoms with Crippen LogP contribution in [0.1, 0.15) is 0 Å². The molecule has 1 aliphatic rings. The predicted molar refractivity (Wildman–Crippen MR) is 95.1 cm³/mol. The molecule has 1 aromatic carbocycles. The van der Waals surface area contributed by atoms with E-state index in [1.165, 1.54) is 0 Å². The van der Waals surface area contributed by atoms with Crippen LogP contribution < -0.4 is 21.2 Å². The zero-order valence-electron chi connectivity index (χ0n) is 13.2. The Morgan fingerprint density at radius 3 is 2.79 bits per heavy atom. The van der Waals surface area contributed by atoms with Gasteiger partial charge in [-0.25, -0.2) is 9.78 Å². The van der Waals surface area contributed by atoms with E-state index in [4.69, 9.17) is 4.42 Å². The molecule has 0 unspecified atom stereocenters. The second kappa shape index (κ2) is 6.33. The highest BCUT2D eigenvalue weighted by Gasteiger charge is 2.12. The van der Waals surface area contributed by atoms with Gasteiger partial charge in [0.25, 0.3) is 0 Å². The molecule has 0 bridgehead atoms. The lowest BCUT2D eigenvalue weighted by Crippen LogP contribution is -2.43. The molecule has 3 heterocycles. The number of hydrogen-bond acceptors (Lipinski definition) is 6. The molecule has 6 heteroatoms. The molecule has 0 saturated carbocycles. The van der Waals surface area contributed by atoms with Crippen molar-refractivity contribution in [2.75, 3.05) is 36.4 Å². The van der Waals surface area contributed by atoms with Gasteiger partial charge in [-0.3, -0.25) is 0 Å². The van der Waals surface area contributed by atoms with Gasteiger partial charge >= 0.3 is 5.63 Å². The molecule has 1 saturated heterocycles. The third-order valence-electron chi connectivity index (χ3n) is 4.13. The highest BCUT2D eigenvalue weighted by atomic mass is 16.4. The first kappa shape index (κ1) is 14.7. The fourth-order valence-electron chi connectivity index (χ4n) is 2.88. The standard InChI is InChI=1S/C18H18N4O2/c23-18-15(21-17-3-1-2-6-20-17)11-13-4-5-14(12-16(13)24-18)22-9-7-19-8-10-22/h1-6,11-12,19H,7-10H2,(H,20,21). The van der Waals surface area contributed by atoms with E-state index in [1.54, 1.807) is 18.3 Å². The quantitative estimate of drug-likeness (QED) is 0.721. The Hall–Kier alpha value is -2.86. The van der Waals surface area contributed by atoms with Crippen LogP contribution in [-0.4, -0.2) is 31.2 Å². The van der Waals surface area contributed by atoms with Crippen molar-refractivity contribution in [3.8, 4) is 0 Å². The number of aromatic nitrogens is 1. The molecule has 0 aliphatic carbocycles. The van der Waals surface area contributed by atoms with E-state index >= 15 is 0 Å². The highest BCUT2D eigenvalue weighted by molar-refractivity contribution is 5.83. The molecule has 2 aromatic heterocycles. The van der Waals surface area contributed by atoms with Gasteiger partial charge in [0.15, 0.2) is 0 Å². The first-order valence-corrected chi connectivity index (χ1v) is 8.01. The Balaban J connectivity index is 1.67. The summed E-state index contributed by atoms with van der Waals surface area (Å²) in [6, 6.07) is 13.3. The second-order valence-electron chi connectivity index (χ2n) is 5.75. The minimum Gasteiger partial charge on any atom is -0.421 e. The van der Waals surface area contributed by atoms with Crippen LogP contribution >= 0.6 is 0 Å². The van der Waals surface area contributed by atoms with Gasteiger partial charge < -0.3 is 20.0 Å². The van der Waals surface area contributed by atoms with E-state index in [1.807, 2.05) is 24.3 Å². The van der Waals surface area contributed by atoms with E-state index in [9.17, 15) is 4.79 Å². The predicted octanol–water partition coefficient (Wildman–Crippen LogP) is 2.34. The van der Waals surface area contributed by atoms with Crippen molar-refractivity contribution >= 4 is 28.2 Å². The second-order valence-corrected chi connectivity index (χ2v) is 5.75. The average molecular weight is 322 g/mol. The maximum atomic E-state index is 12.2. The van der Waals surface area contributed by atoms with Crippen LogP contribution in [0.3, 0.4) is 0 Å². The molecule has 2 N–H and O–H groups in total. The summed E-state index contributed by atoms with van der Waals surface area (Å²) in [7, 11) is 0. The summed E-state index contributed by atoms with van der Waals surface area (Å²) in [5.74, 6) is 0.613. The van der Waals surface area contributed by atoms with Crippen LogP contribution in [-0.2, 0) is 0 Å². The van der Waals surface area contributed by atoms with Crippen molar-refractivity contribution in [2.45, 2.75) is 0 Å². The molecule has 0 atom stereocenters. The monoisotopic (exact) mass is 322 g/mol. The number of rotatable bonds is 3. The van der Waals surface area contributed by atoms with E-state index in [-0.39, 0.29) is 0 Å². The number of nitrogens with zero attached hydrogens (tertiary/aromatic N) is 2. The fraction of sp³-hybridized carbons (Fsp3) is 0.222. The number of pyridine rings is 1. The van der Waals surface area contributed by atoms with Gasteiger partial charge in [-0.15, -0.1) is 0 Å². The van der Waals surface area contributed by atoms with Gasteiger partial charge in [0.1, 0.15) is 17.1 Å². The molecule has 122 valence electrons. The normalized spacial score (nSPS) is 14.8. The Kier molecular flexibility index (Phi) is 3.88. The minimum atomic E-state index is -0.398. The third kappa shape index (κ3) is 2.96. The van der Waals surface area contributed by atoms with Crippen molar-refractivity contribution in [2.24, 2.45) is 0 Å². The van der Waals surface area contributed by atoms with E-state index in [0.29, 0.717) is 17.1 Å². The molecular weight excluding hydrogens is 304 g/mol. The molecule has 4 rings (SSSR count). The zero-order valence-corrected chi connectivity index (χ0v) is 13.2. The van der Waals surface area contributed by atoms with E-state index < -0.39 is 5.63 Å². The zero-order chi connectivity index (χ0) is 16.4.